The van der Waals surface area contributed by atoms with Gasteiger partial charge in [0.05, 0.1) is 21.4 Å². The molecule has 7 heteroatoms. The van der Waals surface area contributed by atoms with E-state index in [0.717, 1.165) is 25.9 Å². The number of fused-ring (bicyclic) bond motifs is 1. The normalized spacial score (nSPS) is 23.9. The molecule has 0 saturated carbocycles. The summed E-state index contributed by atoms with van der Waals surface area (Å²) in [6, 6.07) is 1.76. The molecule has 0 spiro atoms. The third-order valence-corrected chi connectivity index (χ3v) is 7.38. The van der Waals surface area contributed by atoms with Crippen LogP contribution in [0.2, 0.25) is 0 Å². The number of carbonyl (C=O) groups is 1. The first-order valence-corrected chi connectivity index (χ1v) is 10.5. The Bertz CT molecular complexity index is 666. The first kappa shape index (κ1) is 15.8. The van der Waals surface area contributed by atoms with Crippen LogP contribution >= 0.6 is 11.3 Å². The fourth-order valence-corrected chi connectivity index (χ4v) is 6.04. The molecular weight excluding hydrogens is 320 g/mol. The summed E-state index contributed by atoms with van der Waals surface area (Å²) in [6.07, 6.45) is 3.90. The minimum atomic E-state index is -2.96. The van der Waals surface area contributed by atoms with E-state index < -0.39 is 9.84 Å². The Balaban J connectivity index is 1.74. The molecule has 5 nitrogen and oxygen atoms in total. The summed E-state index contributed by atoms with van der Waals surface area (Å²) in [5.74, 6) is 0.129. The predicted octanol–water partition coefficient (Wildman–Crippen LogP) is 1.83. The van der Waals surface area contributed by atoms with Gasteiger partial charge in [-0.2, -0.15) is 0 Å². The second-order valence-corrected chi connectivity index (χ2v) is 9.31. The van der Waals surface area contributed by atoms with Crippen molar-refractivity contribution >= 4 is 32.1 Å². The topological polar surface area (TPSA) is 66.5 Å². The van der Waals surface area contributed by atoms with E-state index in [1.165, 1.54) is 28.3 Å². The quantitative estimate of drug-likeness (QED) is 0.910. The highest BCUT2D eigenvalue weighted by Crippen LogP contribution is 2.35. The highest BCUT2D eigenvalue weighted by atomic mass is 32.2. The molecule has 2 aliphatic heterocycles. The van der Waals surface area contributed by atoms with Crippen LogP contribution in [-0.2, 0) is 16.3 Å². The summed E-state index contributed by atoms with van der Waals surface area (Å²) in [4.78, 5) is 15.4. The molecule has 3 heterocycles. The van der Waals surface area contributed by atoms with Crippen LogP contribution in [0.3, 0.4) is 0 Å². The lowest BCUT2D eigenvalue weighted by atomic mass is 10.1. The number of hydrogen-bond acceptors (Lipinski definition) is 5. The van der Waals surface area contributed by atoms with Crippen LogP contribution in [0.5, 0.6) is 0 Å². The van der Waals surface area contributed by atoms with Crippen LogP contribution in [-0.4, -0.2) is 45.0 Å². The molecule has 1 fully saturated rings. The van der Waals surface area contributed by atoms with E-state index in [1.807, 2.05) is 6.07 Å². The fourth-order valence-electron chi connectivity index (χ4n) is 3.16. The number of nitrogens with zero attached hydrogens (tertiary/aromatic N) is 1. The Hall–Kier alpha value is -1.08. The lowest BCUT2D eigenvalue weighted by molar-refractivity contribution is 0.0945. The van der Waals surface area contributed by atoms with Crippen molar-refractivity contribution in [2.24, 2.45) is 0 Å². The van der Waals surface area contributed by atoms with Crippen LogP contribution in [0.1, 0.15) is 41.4 Å². The van der Waals surface area contributed by atoms with E-state index in [4.69, 9.17) is 0 Å². The van der Waals surface area contributed by atoms with Crippen molar-refractivity contribution in [2.45, 2.75) is 38.6 Å². The van der Waals surface area contributed by atoms with Gasteiger partial charge in [-0.1, -0.05) is 0 Å². The number of anilines is 1. The fraction of sp³-hybridized carbons (Fsp3) is 0.667. The summed E-state index contributed by atoms with van der Waals surface area (Å²) in [7, 11) is -2.96. The van der Waals surface area contributed by atoms with Crippen molar-refractivity contribution in [3.63, 3.8) is 0 Å². The van der Waals surface area contributed by atoms with Crippen molar-refractivity contribution in [3.05, 3.63) is 16.5 Å². The number of carbonyl (C=O) groups excluding carboxylic acids is 1. The van der Waals surface area contributed by atoms with E-state index in [9.17, 15) is 13.2 Å². The molecule has 0 radical (unpaired) electrons. The summed E-state index contributed by atoms with van der Waals surface area (Å²) >= 11 is 1.54. The maximum atomic E-state index is 12.4. The summed E-state index contributed by atoms with van der Waals surface area (Å²) in [5, 5.41) is 4.09. The molecule has 0 unspecified atom stereocenters. The monoisotopic (exact) mass is 342 g/mol. The standard InChI is InChI=1S/C15H22N2O3S2/c1-2-17-7-4-3-5-11-9-13(21-15(11)17)14(18)16-12-6-8-22(19,20)10-12/h9,12H,2-8,10H2,1H3,(H,16,18)/t12-/m0/s1. The number of amides is 1. The first-order chi connectivity index (χ1) is 10.5. The molecule has 0 bridgehead atoms. The van der Waals surface area contributed by atoms with Crippen LogP contribution < -0.4 is 10.2 Å². The number of hydrogen-bond donors (Lipinski definition) is 1. The highest BCUT2D eigenvalue weighted by molar-refractivity contribution is 7.91. The van der Waals surface area contributed by atoms with Gasteiger partial charge < -0.3 is 10.2 Å². The smallest absolute Gasteiger partial charge is 0.261 e. The Morgan fingerprint density at radius 1 is 1.45 bits per heavy atom. The zero-order valence-electron chi connectivity index (χ0n) is 12.8. The Morgan fingerprint density at radius 3 is 2.95 bits per heavy atom. The van der Waals surface area contributed by atoms with E-state index in [-0.39, 0.29) is 23.5 Å². The number of sulfone groups is 1. The molecule has 22 heavy (non-hydrogen) atoms. The molecule has 0 aromatic carbocycles. The van der Waals surface area contributed by atoms with Crippen molar-refractivity contribution < 1.29 is 13.2 Å². The highest BCUT2D eigenvalue weighted by Gasteiger charge is 2.30. The molecule has 0 aliphatic carbocycles. The number of nitrogens with one attached hydrogen (secondary N) is 1. The average molecular weight is 342 g/mol. The third-order valence-electron chi connectivity index (χ3n) is 4.37. The van der Waals surface area contributed by atoms with Crippen LogP contribution in [0.15, 0.2) is 6.07 Å². The molecular formula is C15H22N2O3S2. The zero-order valence-corrected chi connectivity index (χ0v) is 14.4. The minimum Gasteiger partial charge on any atom is -0.363 e. The van der Waals surface area contributed by atoms with Gasteiger partial charge in [-0.3, -0.25) is 4.79 Å². The van der Waals surface area contributed by atoms with E-state index in [1.54, 1.807) is 0 Å². The average Bonchev–Trinajstić information content (AvgIpc) is 2.97. The first-order valence-electron chi connectivity index (χ1n) is 7.87. The van der Waals surface area contributed by atoms with Crippen molar-refractivity contribution in [1.29, 1.82) is 0 Å². The van der Waals surface area contributed by atoms with Gasteiger partial charge in [0.25, 0.3) is 5.91 Å². The Labute approximate surface area is 135 Å². The Kier molecular flexibility index (Phi) is 4.45. The lowest BCUT2D eigenvalue weighted by Gasteiger charge is -2.19. The van der Waals surface area contributed by atoms with Crippen LogP contribution in [0.4, 0.5) is 5.00 Å². The molecule has 2 aliphatic rings. The largest absolute Gasteiger partial charge is 0.363 e. The molecule has 1 amide bonds. The maximum Gasteiger partial charge on any atom is 0.261 e. The van der Waals surface area contributed by atoms with E-state index >= 15 is 0 Å². The van der Waals surface area contributed by atoms with Crippen molar-refractivity contribution in [1.82, 2.24) is 5.32 Å². The van der Waals surface area contributed by atoms with Gasteiger partial charge in [-0.05, 0) is 44.2 Å². The van der Waals surface area contributed by atoms with E-state index in [2.05, 4.69) is 17.1 Å². The molecule has 1 N–H and O–H groups in total. The summed E-state index contributed by atoms with van der Waals surface area (Å²) < 4.78 is 23.0. The number of aryl methyl sites for hydroxylation is 1. The lowest BCUT2D eigenvalue weighted by Crippen LogP contribution is -2.35. The van der Waals surface area contributed by atoms with Gasteiger partial charge in [0.1, 0.15) is 0 Å². The van der Waals surface area contributed by atoms with Gasteiger partial charge in [0, 0.05) is 19.1 Å². The third kappa shape index (κ3) is 3.30. The SMILES string of the molecule is CCN1CCCCc2cc(C(=O)N[C@H]3CCS(=O)(=O)C3)sc21. The predicted molar refractivity (Wildman–Crippen MR) is 89.7 cm³/mol. The van der Waals surface area contributed by atoms with Gasteiger partial charge >= 0.3 is 0 Å². The maximum absolute atomic E-state index is 12.4. The van der Waals surface area contributed by atoms with Crippen LogP contribution in [0, 0.1) is 0 Å². The molecule has 1 aromatic rings. The van der Waals surface area contributed by atoms with Crippen LogP contribution in [0.25, 0.3) is 0 Å². The van der Waals surface area contributed by atoms with Gasteiger partial charge in [-0.25, -0.2) is 8.42 Å². The van der Waals surface area contributed by atoms with Crippen molar-refractivity contribution in [3.8, 4) is 0 Å². The summed E-state index contributed by atoms with van der Waals surface area (Å²) in [6.45, 7) is 4.14. The van der Waals surface area contributed by atoms with Gasteiger partial charge in [0.2, 0.25) is 0 Å². The van der Waals surface area contributed by atoms with Crippen molar-refractivity contribution in [2.75, 3.05) is 29.5 Å². The van der Waals surface area contributed by atoms with Gasteiger partial charge in [0.15, 0.2) is 9.84 Å². The minimum absolute atomic E-state index is 0.0743. The summed E-state index contributed by atoms with van der Waals surface area (Å²) in [5.41, 5.74) is 1.26. The number of thiophene rings is 1. The molecule has 3 rings (SSSR count). The second-order valence-electron chi connectivity index (χ2n) is 6.05. The molecule has 1 atom stereocenters. The molecule has 122 valence electrons. The number of rotatable bonds is 3. The Morgan fingerprint density at radius 2 is 2.27 bits per heavy atom. The zero-order chi connectivity index (χ0) is 15.7. The second kappa shape index (κ2) is 6.20. The molecule has 1 aromatic heterocycles. The van der Waals surface area contributed by atoms with Gasteiger partial charge in [-0.15, -0.1) is 11.3 Å². The molecule has 1 saturated heterocycles. The van der Waals surface area contributed by atoms with E-state index in [0.29, 0.717) is 11.3 Å².